The normalized spacial score (nSPS) is 16.1. The quantitative estimate of drug-likeness (QED) is 0.196. The number of benzene rings is 1. The fourth-order valence-corrected chi connectivity index (χ4v) is 2.73. The first-order chi connectivity index (χ1) is 15.4. The Balaban J connectivity index is 1.27. The van der Waals surface area contributed by atoms with Crippen LogP contribution in [0.5, 0.6) is 5.75 Å². The Morgan fingerprint density at radius 2 is 1.39 bits per heavy atom. The van der Waals surface area contributed by atoms with Crippen LogP contribution < -0.4 is 4.74 Å². The Bertz CT molecular complexity index is 600. The van der Waals surface area contributed by atoms with Crippen LogP contribution >= 0.6 is 0 Å². The Hall–Kier alpha value is -1.84. The summed E-state index contributed by atoms with van der Waals surface area (Å²) in [5.74, 6) is 0.691. The average Bonchev–Trinajstić information content (AvgIpc) is 2.81. The van der Waals surface area contributed by atoms with E-state index < -0.39 is 0 Å². The summed E-state index contributed by atoms with van der Waals surface area (Å²) in [6.07, 6.45) is 4.69. The molecule has 174 valence electrons. The smallest absolute Gasteiger partial charge is 0.240 e. The van der Waals surface area contributed by atoms with Gasteiger partial charge in [-0.15, -0.1) is 0 Å². The average molecular weight is 440 g/mol. The molecule has 1 aromatic carbocycles. The lowest BCUT2D eigenvalue weighted by Gasteiger charge is -2.22. The molecule has 1 saturated heterocycles. The summed E-state index contributed by atoms with van der Waals surface area (Å²) < 4.78 is 38.4. The van der Waals surface area contributed by atoms with E-state index in [0.717, 1.165) is 19.4 Å². The second-order valence-electron chi connectivity index (χ2n) is 6.66. The van der Waals surface area contributed by atoms with Crippen LogP contribution in [-0.4, -0.2) is 85.0 Å². The van der Waals surface area contributed by atoms with Crippen molar-refractivity contribution in [2.45, 2.75) is 25.6 Å². The number of nitrogens with zero attached hydrogens (tertiary/aromatic N) is 1. The first kappa shape index (κ1) is 25.4. The van der Waals surface area contributed by atoms with Crippen LogP contribution in [0.1, 0.15) is 19.3 Å². The van der Waals surface area contributed by atoms with Gasteiger partial charge in [0.2, 0.25) is 6.08 Å². The van der Waals surface area contributed by atoms with Gasteiger partial charge in [0.1, 0.15) is 12.4 Å². The van der Waals surface area contributed by atoms with Crippen molar-refractivity contribution in [2.75, 3.05) is 72.7 Å². The van der Waals surface area contributed by atoms with Crippen molar-refractivity contribution in [3.05, 3.63) is 24.3 Å². The van der Waals surface area contributed by atoms with E-state index in [1.54, 1.807) is 24.3 Å². The zero-order valence-corrected chi connectivity index (χ0v) is 18.0. The van der Waals surface area contributed by atoms with Gasteiger partial charge in [-0.05, 0) is 43.5 Å². The number of hydrogen-bond donors (Lipinski definition) is 0. The highest BCUT2D eigenvalue weighted by atomic mass is 16.7. The zero-order chi connectivity index (χ0) is 21.8. The van der Waals surface area contributed by atoms with Crippen molar-refractivity contribution < 1.29 is 38.0 Å². The van der Waals surface area contributed by atoms with E-state index in [1.165, 1.54) is 12.5 Å². The number of hydrogen-bond acceptors (Lipinski definition) is 9. The summed E-state index contributed by atoms with van der Waals surface area (Å²) >= 11 is 0. The van der Waals surface area contributed by atoms with Gasteiger partial charge in [-0.3, -0.25) is 0 Å². The first-order valence-corrected chi connectivity index (χ1v) is 10.7. The van der Waals surface area contributed by atoms with Crippen LogP contribution in [0.3, 0.4) is 0 Å². The van der Waals surface area contributed by atoms with Crippen LogP contribution in [0.15, 0.2) is 29.3 Å². The highest BCUT2D eigenvalue weighted by Gasteiger charge is 2.13. The molecule has 1 unspecified atom stereocenters. The van der Waals surface area contributed by atoms with E-state index in [9.17, 15) is 4.79 Å². The van der Waals surface area contributed by atoms with Crippen LogP contribution in [0.25, 0.3) is 0 Å². The molecule has 0 amide bonds. The van der Waals surface area contributed by atoms with Crippen LogP contribution in [0.2, 0.25) is 0 Å². The van der Waals surface area contributed by atoms with E-state index in [2.05, 4.69) is 4.99 Å². The molecule has 1 aromatic rings. The highest BCUT2D eigenvalue weighted by Crippen LogP contribution is 2.17. The van der Waals surface area contributed by atoms with Crippen LogP contribution in [-0.2, 0) is 33.2 Å². The van der Waals surface area contributed by atoms with Crippen molar-refractivity contribution in [1.29, 1.82) is 0 Å². The van der Waals surface area contributed by atoms with Crippen molar-refractivity contribution in [3.8, 4) is 5.75 Å². The summed E-state index contributed by atoms with van der Waals surface area (Å²) in [5.41, 5.74) is 0.544. The Labute approximate surface area is 183 Å². The van der Waals surface area contributed by atoms with Crippen molar-refractivity contribution in [3.63, 3.8) is 0 Å². The SMILES string of the molecule is O=C=Nc1ccc(OCCOCCOCCOCCOCCOC2CCCCO2)cc1. The highest BCUT2D eigenvalue weighted by molar-refractivity contribution is 5.49. The number of rotatable bonds is 18. The fraction of sp³-hybridized carbons (Fsp3) is 0.682. The maximum Gasteiger partial charge on any atom is 0.240 e. The third-order valence-corrected chi connectivity index (χ3v) is 4.29. The molecule has 2 rings (SSSR count). The molecule has 1 heterocycles. The summed E-state index contributed by atoms with van der Waals surface area (Å²) in [5, 5.41) is 0. The van der Waals surface area contributed by atoms with Gasteiger partial charge >= 0.3 is 0 Å². The van der Waals surface area contributed by atoms with Gasteiger partial charge in [0.25, 0.3) is 0 Å². The number of isocyanates is 1. The van der Waals surface area contributed by atoms with Gasteiger partial charge in [-0.1, -0.05) is 0 Å². The van der Waals surface area contributed by atoms with Gasteiger partial charge < -0.3 is 33.2 Å². The second kappa shape index (κ2) is 17.8. The lowest BCUT2D eigenvalue weighted by molar-refractivity contribution is -0.169. The van der Waals surface area contributed by atoms with Crippen molar-refractivity contribution in [1.82, 2.24) is 0 Å². The summed E-state index contributed by atoms with van der Waals surface area (Å²) in [4.78, 5) is 13.7. The third-order valence-electron chi connectivity index (χ3n) is 4.29. The van der Waals surface area contributed by atoms with E-state index in [0.29, 0.717) is 77.5 Å². The molecule has 0 aliphatic carbocycles. The van der Waals surface area contributed by atoms with Crippen molar-refractivity contribution in [2.24, 2.45) is 4.99 Å². The maximum absolute atomic E-state index is 10.2. The summed E-state index contributed by atoms with van der Waals surface area (Å²) in [6.45, 7) is 5.84. The maximum atomic E-state index is 10.2. The van der Waals surface area contributed by atoms with Crippen LogP contribution in [0, 0.1) is 0 Å². The van der Waals surface area contributed by atoms with Gasteiger partial charge in [0.15, 0.2) is 6.29 Å². The van der Waals surface area contributed by atoms with E-state index in [4.69, 9.17) is 33.2 Å². The number of ether oxygens (including phenoxy) is 7. The first-order valence-electron chi connectivity index (χ1n) is 10.7. The van der Waals surface area contributed by atoms with Gasteiger partial charge in [-0.2, -0.15) is 4.99 Å². The standard InChI is InChI=1S/C22H33NO8/c24-19-23-20-4-6-21(7-5-20)29-17-15-27-13-11-25-9-10-26-12-14-28-16-18-31-22-3-1-2-8-30-22/h4-7,22H,1-3,8-18H2. The van der Waals surface area contributed by atoms with E-state index in [1.807, 2.05) is 0 Å². The van der Waals surface area contributed by atoms with Crippen molar-refractivity contribution >= 4 is 11.8 Å². The predicted octanol–water partition coefficient (Wildman–Crippen LogP) is 2.64. The molecule has 0 N–H and O–H groups in total. The predicted molar refractivity (Wildman–Crippen MR) is 113 cm³/mol. The van der Waals surface area contributed by atoms with Gasteiger partial charge in [0, 0.05) is 6.61 Å². The molecule has 31 heavy (non-hydrogen) atoms. The molecule has 0 spiro atoms. The third kappa shape index (κ3) is 13.2. The largest absolute Gasteiger partial charge is 0.491 e. The molecule has 1 fully saturated rings. The van der Waals surface area contributed by atoms with Gasteiger partial charge in [0.05, 0.1) is 65.1 Å². The van der Waals surface area contributed by atoms with E-state index >= 15 is 0 Å². The Morgan fingerprint density at radius 3 is 1.94 bits per heavy atom. The summed E-state index contributed by atoms with van der Waals surface area (Å²) in [7, 11) is 0. The Kier molecular flexibility index (Phi) is 14.6. The topological polar surface area (TPSA) is 94.0 Å². The lowest BCUT2D eigenvalue weighted by atomic mass is 10.2. The molecule has 0 saturated carbocycles. The number of carbonyl (C=O) groups excluding carboxylic acids is 1. The molecule has 9 nitrogen and oxygen atoms in total. The second-order valence-corrected chi connectivity index (χ2v) is 6.66. The van der Waals surface area contributed by atoms with Gasteiger partial charge in [-0.25, -0.2) is 4.79 Å². The molecule has 0 bridgehead atoms. The molecule has 1 aliphatic heterocycles. The molecular weight excluding hydrogens is 406 g/mol. The number of aliphatic imine (C=N–C) groups is 1. The molecule has 9 heteroatoms. The zero-order valence-electron chi connectivity index (χ0n) is 18.0. The minimum atomic E-state index is -0.0646. The lowest BCUT2D eigenvalue weighted by Crippen LogP contribution is -2.24. The minimum absolute atomic E-state index is 0.0646. The molecule has 0 radical (unpaired) electrons. The monoisotopic (exact) mass is 439 g/mol. The Morgan fingerprint density at radius 1 is 0.806 bits per heavy atom. The van der Waals surface area contributed by atoms with Crippen LogP contribution in [0.4, 0.5) is 5.69 Å². The molecule has 1 atom stereocenters. The molecule has 0 aromatic heterocycles. The molecular formula is C22H33NO8. The molecule has 1 aliphatic rings. The fourth-order valence-electron chi connectivity index (χ4n) is 2.73. The summed E-state index contributed by atoms with van der Waals surface area (Å²) in [6, 6.07) is 6.85. The minimum Gasteiger partial charge on any atom is -0.491 e. The van der Waals surface area contributed by atoms with E-state index in [-0.39, 0.29) is 6.29 Å².